The summed E-state index contributed by atoms with van der Waals surface area (Å²) in [5, 5.41) is 15.2. The maximum atomic E-state index is 11.0. The number of nitrogens with two attached hydrogens (primary N) is 1. The van der Waals surface area contributed by atoms with E-state index in [4.69, 9.17) is 10.5 Å². The van der Waals surface area contributed by atoms with Crippen LogP contribution in [0.15, 0.2) is 30.6 Å². The molecule has 1 aromatic carbocycles. The molecule has 2 N–H and O–H groups in total. The van der Waals surface area contributed by atoms with Crippen molar-refractivity contribution in [3.8, 4) is 5.75 Å². The molecule has 7 heteroatoms. The van der Waals surface area contributed by atoms with Crippen molar-refractivity contribution in [2.45, 2.75) is 25.9 Å². The van der Waals surface area contributed by atoms with E-state index in [-0.39, 0.29) is 17.5 Å². The van der Waals surface area contributed by atoms with Crippen molar-refractivity contribution in [1.82, 2.24) is 9.78 Å². The van der Waals surface area contributed by atoms with Crippen LogP contribution in [-0.4, -0.2) is 27.9 Å². The summed E-state index contributed by atoms with van der Waals surface area (Å²) in [5.41, 5.74) is 7.54. The number of hydrogen-bond donors (Lipinski definition) is 1. The first-order valence-corrected chi connectivity index (χ1v) is 6.58. The van der Waals surface area contributed by atoms with Gasteiger partial charge in [-0.3, -0.25) is 14.8 Å². The first-order chi connectivity index (χ1) is 9.99. The smallest absolute Gasteiger partial charge is 0.311 e. The molecule has 1 aromatic heterocycles. The molecule has 1 heterocycles. The summed E-state index contributed by atoms with van der Waals surface area (Å²) in [5.74, 6) is 0.252. The number of ether oxygens (including phenoxy) is 1. The number of methoxy groups -OCH3 is 1. The topological polar surface area (TPSA) is 96.2 Å². The normalized spacial score (nSPS) is 12.1. The molecular formula is C14H18N4O3. The quantitative estimate of drug-likeness (QED) is 0.645. The second kappa shape index (κ2) is 6.36. The molecule has 0 aliphatic heterocycles. The lowest BCUT2D eigenvalue weighted by Crippen LogP contribution is -2.17. The fourth-order valence-electron chi connectivity index (χ4n) is 2.13. The molecule has 0 saturated carbocycles. The Morgan fingerprint density at radius 3 is 2.86 bits per heavy atom. The largest absolute Gasteiger partial charge is 0.490 e. The van der Waals surface area contributed by atoms with Gasteiger partial charge in [-0.15, -0.1) is 0 Å². The third-order valence-corrected chi connectivity index (χ3v) is 3.03. The fourth-order valence-corrected chi connectivity index (χ4v) is 2.13. The summed E-state index contributed by atoms with van der Waals surface area (Å²) in [7, 11) is 1.41. The molecule has 0 aliphatic carbocycles. The van der Waals surface area contributed by atoms with E-state index < -0.39 is 4.92 Å². The van der Waals surface area contributed by atoms with Gasteiger partial charge in [0.1, 0.15) is 0 Å². The summed E-state index contributed by atoms with van der Waals surface area (Å²) >= 11 is 0. The standard InChI is InChI=1S/C14H18N4O3/c1-10(15)5-12-7-16-17(9-12)8-11-3-4-14(21-2)13(6-11)18(19)20/h3-4,6-7,9-10H,5,8,15H2,1-2H3. The second-order valence-electron chi connectivity index (χ2n) is 4.99. The van der Waals surface area contributed by atoms with E-state index in [9.17, 15) is 10.1 Å². The van der Waals surface area contributed by atoms with E-state index in [1.165, 1.54) is 13.2 Å². The predicted molar refractivity (Wildman–Crippen MR) is 78.3 cm³/mol. The Hall–Kier alpha value is -2.41. The average Bonchev–Trinajstić information content (AvgIpc) is 2.85. The summed E-state index contributed by atoms with van der Waals surface area (Å²) in [6.07, 6.45) is 4.42. The zero-order chi connectivity index (χ0) is 15.4. The molecule has 0 saturated heterocycles. The summed E-state index contributed by atoms with van der Waals surface area (Å²) in [6.45, 7) is 2.40. The van der Waals surface area contributed by atoms with E-state index in [0.29, 0.717) is 6.54 Å². The zero-order valence-electron chi connectivity index (χ0n) is 12.0. The van der Waals surface area contributed by atoms with Crippen molar-refractivity contribution < 1.29 is 9.66 Å². The lowest BCUT2D eigenvalue weighted by Gasteiger charge is -2.05. The van der Waals surface area contributed by atoms with Crippen LogP contribution >= 0.6 is 0 Å². The van der Waals surface area contributed by atoms with Crippen LogP contribution < -0.4 is 10.5 Å². The molecule has 0 aliphatic rings. The van der Waals surface area contributed by atoms with Gasteiger partial charge in [0.2, 0.25) is 0 Å². The molecule has 21 heavy (non-hydrogen) atoms. The Kier molecular flexibility index (Phi) is 4.54. The van der Waals surface area contributed by atoms with Gasteiger partial charge in [0.25, 0.3) is 0 Å². The van der Waals surface area contributed by atoms with E-state index in [1.54, 1.807) is 23.0 Å². The van der Waals surface area contributed by atoms with Crippen LogP contribution in [0.3, 0.4) is 0 Å². The van der Waals surface area contributed by atoms with Crippen LogP contribution in [0.2, 0.25) is 0 Å². The Morgan fingerprint density at radius 2 is 2.24 bits per heavy atom. The number of benzene rings is 1. The minimum Gasteiger partial charge on any atom is -0.490 e. The molecule has 1 unspecified atom stereocenters. The Balaban J connectivity index is 2.17. The molecule has 0 radical (unpaired) electrons. The summed E-state index contributed by atoms with van der Waals surface area (Å²) < 4.78 is 6.72. The monoisotopic (exact) mass is 290 g/mol. The van der Waals surface area contributed by atoms with Crippen molar-refractivity contribution >= 4 is 5.69 Å². The van der Waals surface area contributed by atoms with E-state index in [1.807, 2.05) is 13.1 Å². The number of aromatic nitrogens is 2. The van der Waals surface area contributed by atoms with Gasteiger partial charge in [-0.1, -0.05) is 6.07 Å². The molecule has 2 rings (SSSR count). The highest BCUT2D eigenvalue weighted by Gasteiger charge is 2.15. The first-order valence-electron chi connectivity index (χ1n) is 6.58. The number of rotatable bonds is 6. The lowest BCUT2D eigenvalue weighted by atomic mass is 10.1. The van der Waals surface area contributed by atoms with Crippen LogP contribution in [0.1, 0.15) is 18.1 Å². The second-order valence-corrected chi connectivity index (χ2v) is 4.99. The SMILES string of the molecule is COc1ccc(Cn2cc(CC(C)N)cn2)cc1[N+](=O)[O-]. The molecule has 0 spiro atoms. The highest BCUT2D eigenvalue weighted by molar-refractivity contribution is 5.48. The van der Waals surface area contributed by atoms with Crippen molar-refractivity contribution in [3.05, 3.63) is 51.8 Å². The van der Waals surface area contributed by atoms with Crippen molar-refractivity contribution in [3.63, 3.8) is 0 Å². The fraction of sp³-hybridized carbons (Fsp3) is 0.357. The Bertz CT molecular complexity index is 637. The summed E-state index contributed by atoms with van der Waals surface area (Å²) in [6, 6.07) is 4.97. The molecule has 0 amide bonds. The molecule has 0 fully saturated rings. The van der Waals surface area contributed by atoms with Gasteiger partial charge in [-0.2, -0.15) is 5.10 Å². The van der Waals surface area contributed by atoms with Crippen molar-refractivity contribution in [2.75, 3.05) is 7.11 Å². The molecular weight excluding hydrogens is 272 g/mol. The highest BCUT2D eigenvalue weighted by atomic mass is 16.6. The van der Waals surface area contributed by atoms with E-state index in [2.05, 4.69) is 5.10 Å². The summed E-state index contributed by atoms with van der Waals surface area (Å²) in [4.78, 5) is 10.5. The lowest BCUT2D eigenvalue weighted by molar-refractivity contribution is -0.385. The van der Waals surface area contributed by atoms with E-state index >= 15 is 0 Å². The highest BCUT2D eigenvalue weighted by Crippen LogP contribution is 2.27. The Labute approximate surface area is 122 Å². The molecule has 2 aromatic rings. The van der Waals surface area contributed by atoms with Gasteiger partial charge < -0.3 is 10.5 Å². The zero-order valence-corrected chi connectivity index (χ0v) is 12.0. The third kappa shape index (κ3) is 3.79. The minimum atomic E-state index is -0.451. The van der Waals surface area contributed by atoms with Crippen LogP contribution in [0.25, 0.3) is 0 Å². The van der Waals surface area contributed by atoms with Gasteiger partial charge in [-0.05, 0) is 30.5 Å². The molecule has 1 atom stereocenters. The van der Waals surface area contributed by atoms with Crippen molar-refractivity contribution in [1.29, 1.82) is 0 Å². The van der Waals surface area contributed by atoms with Gasteiger partial charge in [-0.25, -0.2) is 0 Å². The first kappa shape index (κ1) is 15.0. The van der Waals surface area contributed by atoms with Crippen molar-refractivity contribution in [2.24, 2.45) is 5.73 Å². The minimum absolute atomic E-state index is 0.0436. The van der Waals surface area contributed by atoms with Gasteiger partial charge in [0, 0.05) is 18.3 Å². The average molecular weight is 290 g/mol. The van der Waals surface area contributed by atoms with Gasteiger partial charge >= 0.3 is 5.69 Å². The Morgan fingerprint density at radius 1 is 1.48 bits per heavy atom. The number of nitro groups is 1. The maximum absolute atomic E-state index is 11.0. The predicted octanol–water partition coefficient (Wildman–Crippen LogP) is 1.74. The maximum Gasteiger partial charge on any atom is 0.311 e. The third-order valence-electron chi connectivity index (χ3n) is 3.03. The molecule has 0 bridgehead atoms. The van der Waals surface area contributed by atoms with Gasteiger partial charge in [0.05, 0.1) is 24.8 Å². The van der Waals surface area contributed by atoms with Gasteiger partial charge in [0.15, 0.2) is 5.75 Å². The number of nitrogens with zero attached hydrogens (tertiary/aromatic N) is 3. The van der Waals surface area contributed by atoms with Crippen LogP contribution in [0.5, 0.6) is 5.75 Å². The number of nitro benzene ring substituents is 1. The van der Waals surface area contributed by atoms with Crippen LogP contribution in [0.4, 0.5) is 5.69 Å². The van der Waals surface area contributed by atoms with Crippen LogP contribution in [0, 0.1) is 10.1 Å². The van der Waals surface area contributed by atoms with Crippen LogP contribution in [-0.2, 0) is 13.0 Å². The molecule has 112 valence electrons. The number of hydrogen-bond acceptors (Lipinski definition) is 5. The van der Waals surface area contributed by atoms with E-state index in [0.717, 1.165) is 17.5 Å². The molecule has 7 nitrogen and oxygen atoms in total.